The van der Waals surface area contributed by atoms with Crippen molar-refractivity contribution >= 4 is 0 Å². The molecule has 2 rings (SSSR count). The maximum atomic E-state index is 13.6. The minimum Gasteiger partial charge on any atom is -0.494 e. The lowest BCUT2D eigenvalue weighted by Gasteiger charge is -2.19. The van der Waals surface area contributed by atoms with Gasteiger partial charge in [0.2, 0.25) is 0 Å². The van der Waals surface area contributed by atoms with Crippen LogP contribution in [0.2, 0.25) is 0 Å². The summed E-state index contributed by atoms with van der Waals surface area (Å²) in [4.78, 5) is 0. The first-order valence-corrected chi connectivity index (χ1v) is 5.86. The Labute approximate surface area is 101 Å². The van der Waals surface area contributed by atoms with Gasteiger partial charge in [0.1, 0.15) is 0 Å². The SMILES string of the molecule is CNCC1CCOC1c1ccc(OC)c(F)c1. The first kappa shape index (κ1) is 12.3. The standard InChI is InChI=1S/C13H18FNO2/c1-15-8-10-5-6-17-13(10)9-3-4-12(16-2)11(14)7-9/h3-4,7,10,13,15H,5-6,8H2,1-2H3. The molecule has 2 atom stereocenters. The van der Waals surface area contributed by atoms with Gasteiger partial charge in [-0.05, 0) is 31.2 Å². The van der Waals surface area contributed by atoms with Gasteiger partial charge in [0.05, 0.1) is 13.2 Å². The fourth-order valence-electron chi connectivity index (χ4n) is 2.33. The molecule has 2 unspecified atom stereocenters. The fraction of sp³-hybridized carbons (Fsp3) is 0.538. The molecule has 0 saturated carbocycles. The highest BCUT2D eigenvalue weighted by Crippen LogP contribution is 2.35. The number of rotatable bonds is 4. The topological polar surface area (TPSA) is 30.5 Å². The van der Waals surface area contributed by atoms with Gasteiger partial charge < -0.3 is 14.8 Å². The van der Waals surface area contributed by atoms with Crippen LogP contribution in [0.4, 0.5) is 4.39 Å². The highest BCUT2D eigenvalue weighted by atomic mass is 19.1. The first-order chi connectivity index (χ1) is 8.26. The minimum absolute atomic E-state index is 0.0112. The van der Waals surface area contributed by atoms with E-state index in [9.17, 15) is 4.39 Å². The Morgan fingerprint density at radius 3 is 3.00 bits per heavy atom. The zero-order valence-corrected chi connectivity index (χ0v) is 10.2. The monoisotopic (exact) mass is 239 g/mol. The van der Waals surface area contributed by atoms with Crippen molar-refractivity contribution < 1.29 is 13.9 Å². The molecule has 0 aromatic heterocycles. The third-order valence-corrected chi connectivity index (χ3v) is 3.18. The predicted octanol–water partition coefficient (Wildman–Crippen LogP) is 2.13. The van der Waals surface area contributed by atoms with E-state index < -0.39 is 0 Å². The van der Waals surface area contributed by atoms with Crippen LogP contribution < -0.4 is 10.1 Å². The third kappa shape index (κ3) is 2.58. The molecule has 0 radical (unpaired) electrons. The van der Waals surface area contributed by atoms with Gasteiger partial charge in [-0.25, -0.2) is 4.39 Å². The lowest BCUT2D eigenvalue weighted by atomic mass is 9.95. The fourth-order valence-corrected chi connectivity index (χ4v) is 2.33. The average molecular weight is 239 g/mol. The third-order valence-electron chi connectivity index (χ3n) is 3.18. The largest absolute Gasteiger partial charge is 0.494 e. The van der Waals surface area contributed by atoms with Crippen molar-refractivity contribution in [1.82, 2.24) is 5.32 Å². The lowest BCUT2D eigenvalue weighted by molar-refractivity contribution is 0.0906. The Hall–Kier alpha value is -1.13. The molecule has 1 N–H and O–H groups in total. The van der Waals surface area contributed by atoms with Crippen molar-refractivity contribution in [2.75, 3.05) is 27.3 Å². The summed E-state index contributed by atoms with van der Waals surface area (Å²) in [6, 6.07) is 5.04. The van der Waals surface area contributed by atoms with E-state index in [1.807, 2.05) is 13.1 Å². The number of ether oxygens (including phenoxy) is 2. The Balaban J connectivity index is 2.18. The molecule has 0 amide bonds. The first-order valence-electron chi connectivity index (χ1n) is 5.86. The number of halogens is 1. The molecular weight excluding hydrogens is 221 g/mol. The van der Waals surface area contributed by atoms with Gasteiger partial charge in [-0.3, -0.25) is 0 Å². The molecule has 94 valence electrons. The predicted molar refractivity (Wildman–Crippen MR) is 63.7 cm³/mol. The number of nitrogens with one attached hydrogen (secondary N) is 1. The maximum Gasteiger partial charge on any atom is 0.165 e. The van der Waals surface area contributed by atoms with Crippen LogP contribution in [-0.2, 0) is 4.74 Å². The molecule has 1 heterocycles. The van der Waals surface area contributed by atoms with Crippen molar-refractivity contribution in [1.29, 1.82) is 0 Å². The van der Waals surface area contributed by atoms with Gasteiger partial charge in [0, 0.05) is 19.1 Å². The number of hydrogen-bond donors (Lipinski definition) is 1. The number of methoxy groups -OCH3 is 1. The van der Waals surface area contributed by atoms with Gasteiger partial charge in [0.15, 0.2) is 11.6 Å². The Bertz CT molecular complexity index is 384. The van der Waals surface area contributed by atoms with E-state index in [4.69, 9.17) is 9.47 Å². The zero-order chi connectivity index (χ0) is 12.3. The smallest absolute Gasteiger partial charge is 0.165 e. The van der Waals surface area contributed by atoms with Crippen LogP contribution >= 0.6 is 0 Å². The molecule has 0 aliphatic carbocycles. The second kappa shape index (κ2) is 5.47. The molecule has 1 aliphatic heterocycles. The van der Waals surface area contributed by atoms with Crippen LogP contribution in [0.15, 0.2) is 18.2 Å². The van der Waals surface area contributed by atoms with Crippen molar-refractivity contribution in [2.45, 2.75) is 12.5 Å². The summed E-state index contributed by atoms with van der Waals surface area (Å²) >= 11 is 0. The summed E-state index contributed by atoms with van der Waals surface area (Å²) in [5.41, 5.74) is 0.890. The van der Waals surface area contributed by atoms with E-state index in [0.29, 0.717) is 5.92 Å². The molecule has 0 spiro atoms. The van der Waals surface area contributed by atoms with E-state index in [-0.39, 0.29) is 17.7 Å². The summed E-state index contributed by atoms with van der Waals surface area (Å²) in [5.74, 6) is 0.355. The van der Waals surface area contributed by atoms with E-state index in [2.05, 4.69) is 5.32 Å². The minimum atomic E-state index is -0.330. The highest BCUT2D eigenvalue weighted by Gasteiger charge is 2.29. The molecule has 17 heavy (non-hydrogen) atoms. The van der Waals surface area contributed by atoms with E-state index >= 15 is 0 Å². The van der Waals surface area contributed by atoms with Crippen LogP contribution in [0.3, 0.4) is 0 Å². The summed E-state index contributed by atoms with van der Waals surface area (Å²) in [5, 5.41) is 3.15. The Morgan fingerprint density at radius 2 is 2.35 bits per heavy atom. The molecule has 1 saturated heterocycles. The molecular formula is C13H18FNO2. The normalized spacial score (nSPS) is 23.9. The zero-order valence-electron chi connectivity index (χ0n) is 10.2. The lowest BCUT2D eigenvalue weighted by Crippen LogP contribution is -2.21. The van der Waals surface area contributed by atoms with Gasteiger partial charge in [-0.1, -0.05) is 6.07 Å². The molecule has 0 bridgehead atoms. The maximum absolute atomic E-state index is 13.6. The quantitative estimate of drug-likeness (QED) is 0.873. The van der Waals surface area contributed by atoms with E-state index in [1.54, 1.807) is 6.07 Å². The molecule has 1 fully saturated rings. The van der Waals surface area contributed by atoms with E-state index in [0.717, 1.165) is 25.1 Å². The summed E-state index contributed by atoms with van der Waals surface area (Å²) in [6.07, 6.45) is 1.00. The van der Waals surface area contributed by atoms with Gasteiger partial charge in [-0.15, -0.1) is 0 Å². The van der Waals surface area contributed by atoms with Crippen molar-refractivity contribution in [2.24, 2.45) is 5.92 Å². The van der Waals surface area contributed by atoms with Gasteiger partial charge >= 0.3 is 0 Å². The van der Waals surface area contributed by atoms with Crippen molar-refractivity contribution in [3.63, 3.8) is 0 Å². The Morgan fingerprint density at radius 1 is 1.53 bits per heavy atom. The van der Waals surface area contributed by atoms with Crippen LogP contribution in [-0.4, -0.2) is 27.3 Å². The summed E-state index contributed by atoms with van der Waals surface area (Å²) < 4.78 is 24.2. The van der Waals surface area contributed by atoms with Crippen LogP contribution in [0, 0.1) is 11.7 Å². The summed E-state index contributed by atoms with van der Waals surface area (Å²) in [7, 11) is 3.39. The molecule has 1 aromatic carbocycles. The molecule has 4 heteroatoms. The highest BCUT2D eigenvalue weighted by molar-refractivity contribution is 5.31. The number of benzene rings is 1. The van der Waals surface area contributed by atoms with Crippen LogP contribution in [0.5, 0.6) is 5.75 Å². The van der Waals surface area contributed by atoms with Crippen LogP contribution in [0.25, 0.3) is 0 Å². The second-order valence-electron chi connectivity index (χ2n) is 4.29. The molecule has 1 aromatic rings. The van der Waals surface area contributed by atoms with Gasteiger partial charge in [-0.2, -0.15) is 0 Å². The van der Waals surface area contributed by atoms with Gasteiger partial charge in [0.25, 0.3) is 0 Å². The molecule has 1 aliphatic rings. The second-order valence-corrected chi connectivity index (χ2v) is 4.29. The van der Waals surface area contributed by atoms with Crippen LogP contribution in [0.1, 0.15) is 18.1 Å². The van der Waals surface area contributed by atoms with Crippen molar-refractivity contribution in [3.05, 3.63) is 29.6 Å². The summed E-state index contributed by atoms with van der Waals surface area (Å²) in [6.45, 7) is 1.63. The average Bonchev–Trinajstić information content (AvgIpc) is 2.78. The van der Waals surface area contributed by atoms with E-state index in [1.165, 1.54) is 13.2 Å². The Kier molecular flexibility index (Phi) is 3.97. The van der Waals surface area contributed by atoms with Crippen molar-refractivity contribution in [3.8, 4) is 5.75 Å². The number of hydrogen-bond acceptors (Lipinski definition) is 3. The molecule has 3 nitrogen and oxygen atoms in total.